The molecule has 100 valence electrons. The fourth-order valence-electron chi connectivity index (χ4n) is 1.75. The van der Waals surface area contributed by atoms with Gasteiger partial charge in [0.15, 0.2) is 0 Å². The van der Waals surface area contributed by atoms with E-state index in [1.165, 1.54) is 0 Å². The van der Waals surface area contributed by atoms with Gasteiger partial charge < -0.3 is 5.32 Å². The zero-order chi connectivity index (χ0) is 13.6. The van der Waals surface area contributed by atoms with Gasteiger partial charge in [-0.05, 0) is 32.3 Å². The lowest BCUT2D eigenvalue weighted by Gasteiger charge is -2.24. The van der Waals surface area contributed by atoms with E-state index in [1.807, 2.05) is 51.1 Å². The number of halogens is 1. The Labute approximate surface area is 115 Å². The third-order valence-electron chi connectivity index (χ3n) is 3.25. The van der Waals surface area contributed by atoms with Crippen molar-refractivity contribution >= 4 is 17.5 Å². The second-order valence-electron chi connectivity index (χ2n) is 5.04. The van der Waals surface area contributed by atoms with Gasteiger partial charge in [0, 0.05) is 11.9 Å². The maximum atomic E-state index is 12.2. The van der Waals surface area contributed by atoms with Crippen molar-refractivity contribution in [2.45, 2.75) is 44.4 Å². The molecule has 1 atom stereocenters. The van der Waals surface area contributed by atoms with E-state index in [4.69, 9.17) is 11.6 Å². The Balaban J connectivity index is 2.55. The van der Waals surface area contributed by atoms with Crippen molar-refractivity contribution in [3.05, 3.63) is 35.9 Å². The van der Waals surface area contributed by atoms with E-state index in [0.717, 1.165) is 18.4 Å². The molecular formula is C15H22ClNO. The molecule has 2 nitrogen and oxygen atoms in total. The molecule has 0 aliphatic heterocycles. The van der Waals surface area contributed by atoms with Crippen LogP contribution in [0.15, 0.2) is 30.3 Å². The number of hydrogen-bond acceptors (Lipinski definition) is 1. The predicted molar refractivity (Wildman–Crippen MR) is 77.0 cm³/mol. The van der Waals surface area contributed by atoms with E-state index < -0.39 is 5.41 Å². The quantitative estimate of drug-likeness (QED) is 0.786. The minimum atomic E-state index is -0.505. The fourth-order valence-corrected chi connectivity index (χ4v) is 1.86. The van der Waals surface area contributed by atoms with Crippen LogP contribution >= 0.6 is 11.6 Å². The first kappa shape index (κ1) is 15.0. The van der Waals surface area contributed by atoms with Crippen molar-refractivity contribution in [3.8, 4) is 0 Å². The van der Waals surface area contributed by atoms with Crippen molar-refractivity contribution in [2.24, 2.45) is 0 Å². The van der Waals surface area contributed by atoms with Crippen LogP contribution in [0.3, 0.4) is 0 Å². The Bertz CT molecular complexity index is 375. The van der Waals surface area contributed by atoms with E-state index in [2.05, 4.69) is 5.32 Å². The van der Waals surface area contributed by atoms with Crippen LogP contribution < -0.4 is 5.32 Å². The van der Waals surface area contributed by atoms with Crippen molar-refractivity contribution in [2.75, 3.05) is 6.54 Å². The molecule has 0 aliphatic carbocycles. The van der Waals surface area contributed by atoms with Gasteiger partial charge in [0.2, 0.25) is 5.91 Å². The molecule has 1 aromatic rings. The van der Waals surface area contributed by atoms with Crippen molar-refractivity contribution in [1.29, 1.82) is 0 Å². The Morgan fingerprint density at radius 2 is 1.94 bits per heavy atom. The number of rotatable bonds is 6. The first-order valence-electron chi connectivity index (χ1n) is 6.46. The van der Waals surface area contributed by atoms with E-state index in [-0.39, 0.29) is 11.3 Å². The summed E-state index contributed by atoms with van der Waals surface area (Å²) < 4.78 is 0. The average Bonchev–Trinajstić information content (AvgIpc) is 2.39. The molecule has 0 bridgehead atoms. The van der Waals surface area contributed by atoms with Gasteiger partial charge >= 0.3 is 0 Å². The summed E-state index contributed by atoms with van der Waals surface area (Å²) in [6, 6.07) is 9.83. The lowest BCUT2D eigenvalue weighted by atomic mass is 9.84. The number of carbonyl (C=O) groups excluding carboxylic acids is 1. The maximum absolute atomic E-state index is 12.2. The Kier molecular flexibility index (Phi) is 5.67. The molecule has 18 heavy (non-hydrogen) atoms. The first-order chi connectivity index (χ1) is 8.48. The van der Waals surface area contributed by atoms with E-state index in [0.29, 0.717) is 6.54 Å². The number of alkyl halides is 1. The zero-order valence-electron chi connectivity index (χ0n) is 11.4. The van der Waals surface area contributed by atoms with Gasteiger partial charge in [0.05, 0.1) is 5.41 Å². The number of hydrogen-bond donors (Lipinski definition) is 1. The summed E-state index contributed by atoms with van der Waals surface area (Å²) in [5, 5.41) is 3.11. The highest BCUT2D eigenvalue weighted by atomic mass is 35.5. The topological polar surface area (TPSA) is 29.1 Å². The maximum Gasteiger partial charge on any atom is 0.230 e. The fraction of sp³-hybridized carbons (Fsp3) is 0.533. The summed E-state index contributed by atoms with van der Waals surface area (Å²) >= 11 is 6.03. The average molecular weight is 268 g/mol. The molecule has 1 aromatic carbocycles. The Hall–Kier alpha value is -1.02. The van der Waals surface area contributed by atoms with Crippen molar-refractivity contribution in [1.82, 2.24) is 5.32 Å². The molecule has 0 saturated heterocycles. The number of benzene rings is 1. The summed E-state index contributed by atoms with van der Waals surface area (Å²) in [7, 11) is 0. The first-order valence-corrected chi connectivity index (χ1v) is 6.90. The lowest BCUT2D eigenvalue weighted by molar-refractivity contribution is -0.125. The predicted octanol–water partition coefficient (Wildman–Crippen LogP) is 3.49. The van der Waals surface area contributed by atoms with E-state index in [1.54, 1.807) is 0 Å². The van der Waals surface area contributed by atoms with Gasteiger partial charge in [-0.1, -0.05) is 37.3 Å². The molecule has 3 heteroatoms. The minimum Gasteiger partial charge on any atom is -0.355 e. The highest BCUT2D eigenvalue weighted by Crippen LogP contribution is 2.22. The molecule has 0 saturated carbocycles. The summed E-state index contributed by atoms with van der Waals surface area (Å²) in [5.41, 5.74) is 0.523. The number of nitrogens with one attached hydrogen (secondary N) is 1. The normalized spacial score (nSPS) is 13.1. The summed E-state index contributed by atoms with van der Waals surface area (Å²) in [4.78, 5) is 12.2. The minimum absolute atomic E-state index is 0.0497. The molecule has 0 fully saturated rings. The largest absolute Gasteiger partial charge is 0.355 e. The van der Waals surface area contributed by atoms with Gasteiger partial charge in [-0.3, -0.25) is 4.79 Å². The summed E-state index contributed by atoms with van der Waals surface area (Å²) in [5.74, 6) is 0.0497. The van der Waals surface area contributed by atoms with E-state index >= 15 is 0 Å². The molecule has 0 aromatic heterocycles. The Morgan fingerprint density at radius 1 is 1.33 bits per heavy atom. The molecule has 0 aliphatic rings. The van der Waals surface area contributed by atoms with Crippen LogP contribution in [0.2, 0.25) is 0 Å². The zero-order valence-corrected chi connectivity index (χ0v) is 12.1. The number of amides is 1. The molecule has 0 heterocycles. The second kappa shape index (κ2) is 6.79. The van der Waals surface area contributed by atoms with Gasteiger partial charge in [-0.2, -0.15) is 0 Å². The van der Waals surface area contributed by atoms with Gasteiger partial charge in [-0.25, -0.2) is 0 Å². The van der Waals surface area contributed by atoms with Crippen LogP contribution in [0.25, 0.3) is 0 Å². The highest BCUT2D eigenvalue weighted by molar-refractivity contribution is 6.20. The van der Waals surface area contributed by atoms with Crippen molar-refractivity contribution in [3.63, 3.8) is 0 Å². The molecule has 1 rings (SSSR count). The van der Waals surface area contributed by atoms with Crippen LogP contribution in [-0.4, -0.2) is 17.8 Å². The molecule has 0 radical (unpaired) electrons. The molecular weight excluding hydrogens is 246 g/mol. The van der Waals surface area contributed by atoms with Gasteiger partial charge in [-0.15, -0.1) is 11.6 Å². The third kappa shape index (κ3) is 4.02. The summed E-state index contributed by atoms with van der Waals surface area (Å²) in [6.07, 6.45) is 1.74. The highest BCUT2D eigenvalue weighted by Gasteiger charge is 2.29. The van der Waals surface area contributed by atoms with Crippen LogP contribution in [-0.2, 0) is 10.2 Å². The van der Waals surface area contributed by atoms with Crippen LogP contribution in [0.5, 0.6) is 0 Å². The lowest BCUT2D eigenvalue weighted by Crippen LogP contribution is -2.40. The van der Waals surface area contributed by atoms with Gasteiger partial charge in [0.25, 0.3) is 0 Å². The van der Waals surface area contributed by atoms with Crippen LogP contribution in [0.4, 0.5) is 0 Å². The molecule has 1 amide bonds. The third-order valence-corrected chi connectivity index (χ3v) is 3.78. The van der Waals surface area contributed by atoms with E-state index in [9.17, 15) is 4.79 Å². The second-order valence-corrected chi connectivity index (χ2v) is 5.66. The Morgan fingerprint density at radius 3 is 2.50 bits per heavy atom. The SMILES string of the molecule is CCC(Cl)CCNC(=O)C(C)(C)c1ccccc1. The monoisotopic (exact) mass is 267 g/mol. The van der Waals surface area contributed by atoms with Crippen LogP contribution in [0.1, 0.15) is 39.2 Å². The molecule has 1 N–H and O–H groups in total. The number of carbonyl (C=O) groups is 1. The van der Waals surface area contributed by atoms with Crippen LogP contribution in [0, 0.1) is 0 Å². The standard InChI is InChI=1S/C15H22ClNO/c1-4-13(16)10-11-17-14(18)15(2,3)12-8-6-5-7-9-12/h5-9,13H,4,10-11H2,1-3H3,(H,17,18). The van der Waals surface area contributed by atoms with Crippen molar-refractivity contribution < 1.29 is 4.79 Å². The van der Waals surface area contributed by atoms with Gasteiger partial charge in [0.1, 0.15) is 0 Å². The molecule has 1 unspecified atom stereocenters. The smallest absolute Gasteiger partial charge is 0.230 e. The molecule has 0 spiro atoms. The summed E-state index contributed by atoms with van der Waals surface area (Å²) in [6.45, 7) is 6.57.